The minimum absolute atomic E-state index is 0.0865. The van der Waals surface area contributed by atoms with E-state index in [9.17, 15) is 13.5 Å². The Morgan fingerprint density at radius 2 is 1.75 bits per heavy atom. The zero-order valence-electron chi connectivity index (χ0n) is 13.2. The first-order valence-corrected chi connectivity index (χ1v) is 10.00. The average molecular weight is 366 g/mol. The smallest absolute Gasteiger partial charge is 0.179 e. The van der Waals surface area contributed by atoms with Gasteiger partial charge in [0.05, 0.1) is 10.6 Å². The van der Waals surface area contributed by atoms with Crippen LogP contribution in [0.3, 0.4) is 0 Å². The SMILES string of the molecule is O=S(=O)(CCN1CCC[C@@H]1c1ccc(O)cc1)c1ccc(Cl)cc1. The molecule has 0 amide bonds. The van der Waals surface area contributed by atoms with Crippen molar-refractivity contribution in [1.82, 2.24) is 4.90 Å². The quantitative estimate of drug-likeness (QED) is 0.878. The molecule has 1 aliphatic heterocycles. The van der Waals surface area contributed by atoms with Gasteiger partial charge in [-0.3, -0.25) is 4.90 Å². The van der Waals surface area contributed by atoms with E-state index in [0.29, 0.717) is 16.5 Å². The fourth-order valence-corrected chi connectivity index (χ4v) is 4.55. The average Bonchev–Trinajstić information content (AvgIpc) is 3.03. The Morgan fingerprint density at radius 3 is 2.42 bits per heavy atom. The van der Waals surface area contributed by atoms with Crippen LogP contribution >= 0.6 is 11.6 Å². The number of likely N-dealkylation sites (tertiary alicyclic amines) is 1. The molecule has 0 spiro atoms. The van der Waals surface area contributed by atoms with Crippen molar-refractivity contribution < 1.29 is 13.5 Å². The van der Waals surface area contributed by atoms with Crippen LogP contribution in [0.15, 0.2) is 53.4 Å². The van der Waals surface area contributed by atoms with Gasteiger partial charge in [0.25, 0.3) is 0 Å². The van der Waals surface area contributed by atoms with E-state index >= 15 is 0 Å². The molecule has 1 N–H and O–H groups in total. The third kappa shape index (κ3) is 3.91. The number of halogens is 1. The highest BCUT2D eigenvalue weighted by Gasteiger charge is 2.27. The van der Waals surface area contributed by atoms with Crippen molar-refractivity contribution in [1.29, 1.82) is 0 Å². The lowest BCUT2D eigenvalue weighted by molar-refractivity contribution is 0.272. The maximum atomic E-state index is 12.5. The van der Waals surface area contributed by atoms with Crippen LogP contribution in [-0.4, -0.2) is 37.3 Å². The summed E-state index contributed by atoms with van der Waals surface area (Å²) in [6.45, 7) is 1.39. The number of hydrogen-bond acceptors (Lipinski definition) is 4. The van der Waals surface area contributed by atoms with Crippen LogP contribution in [0.4, 0.5) is 0 Å². The molecule has 24 heavy (non-hydrogen) atoms. The monoisotopic (exact) mass is 365 g/mol. The zero-order chi connectivity index (χ0) is 17.2. The summed E-state index contributed by atoms with van der Waals surface area (Å²) in [6, 6.07) is 13.7. The molecule has 1 fully saturated rings. The van der Waals surface area contributed by atoms with Crippen molar-refractivity contribution in [3.8, 4) is 5.75 Å². The van der Waals surface area contributed by atoms with Crippen LogP contribution in [0, 0.1) is 0 Å². The molecule has 2 aromatic carbocycles. The van der Waals surface area contributed by atoms with Crippen LogP contribution in [0.5, 0.6) is 5.75 Å². The Hall–Kier alpha value is -1.56. The summed E-state index contributed by atoms with van der Waals surface area (Å²) in [5.74, 6) is 0.331. The first-order chi connectivity index (χ1) is 11.5. The molecule has 0 unspecified atom stereocenters. The summed E-state index contributed by atoms with van der Waals surface area (Å²) in [6.07, 6.45) is 2.05. The second-order valence-corrected chi connectivity index (χ2v) is 8.60. The number of phenols is 1. The summed E-state index contributed by atoms with van der Waals surface area (Å²) in [4.78, 5) is 2.52. The van der Waals surface area contributed by atoms with Gasteiger partial charge in [0, 0.05) is 17.6 Å². The van der Waals surface area contributed by atoms with Crippen molar-refractivity contribution in [3.05, 3.63) is 59.1 Å². The molecule has 4 nitrogen and oxygen atoms in total. The first-order valence-electron chi connectivity index (χ1n) is 7.97. The molecule has 1 aliphatic rings. The molecule has 3 rings (SSSR count). The number of sulfone groups is 1. The Morgan fingerprint density at radius 1 is 1.08 bits per heavy atom. The van der Waals surface area contributed by atoms with Crippen molar-refractivity contribution in [2.24, 2.45) is 0 Å². The molecule has 1 saturated heterocycles. The second-order valence-electron chi connectivity index (χ2n) is 6.06. The van der Waals surface area contributed by atoms with E-state index in [0.717, 1.165) is 24.9 Å². The number of rotatable bonds is 5. The summed E-state index contributed by atoms with van der Waals surface area (Å²) >= 11 is 5.82. The second kappa shape index (κ2) is 7.13. The molecule has 0 aliphatic carbocycles. The van der Waals surface area contributed by atoms with Crippen LogP contribution < -0.4 is 0 Å². The molecule has 0 aromatic heterocycles. The third-order valence-corrected chi connectivity index (χ3v) is 6.42. The molecule has 128 valence electrons. The molecule has 0 radical (unpaired) electrons. The van der Waals surface area contributed by atoms with E-state index in [4.69, 9.17) is 11.6 Å². The Bertz CT molecular complexity index is 788. The lowest BCUT2D eigenvalue weighted by Crippen LogP contribution is -2.29. The fourth-order valence-electron chi connectivity index (χ4n) is 3.16. The van der Waals surface area contributed by atoms with Crippen LogP contribution in [0.2, 0.25) is 5.02 Å². The van der Waals surface area contributed by atoms with Gasteiger partial charge in [0.15, 0.2) is 9.84 Å². The van der Waals surface area contributed by atoms with Crippen molar-refractivity contribution in [2.75, 3.05) is 18.8 Å². The maximum absolute atomic E-state index is 12.5. The van der Waals surface area contributed by atoms with Crippen molar-refractivity contribution in [2.45, 2.75) is 23.8 Å². The van der Waals surface area contributed by atoms with Gasteiger partial charge in [0.2, 0.25) is 0 Å². The van der Waals surface area contributed by atoms with E-state index in [-0.39, 0.29) is 17.5 Å². The van der Waals surface area contributed by atoms with Gasteiger partial charge >= 0.3 is 0 Å². The number of aromatic hydroxyl groups is 1. The van der Waals surface area contributed by atoms with E-state index in [1.807, 2.05) is 12.1 Å². The molecule has 1 atom stereocenters. The minimum atomic E-state index is -3.32. The number of nitrogens with zero attached hydrogens (tertiary/aromatic N) is 1. The third-order valence-electron chi connectivity index (χ3n) is 4.46. The molecule has 1 heterocycles. The predicted octanol–water partition coefficient (Wildman–Crippen LogP) is 3.66. The van der Waals surface area contributed by atoms with Gasteiger partial charge in [-0.15, -0.1) is 0 Å². The van der Waals surface area contributed by atoms with E-state index in [2.05, 4.69) is 4.90 Å². The van der Waals surface area contributed by atoms with Gasteiger partial charge in [-0.1, -0.05) is 23.7 Å². The predicted molar refractivity (Wildman–Crippen MR) is 95.2 cm³/mol. The van der Waals surface area contributed by atoms with Gasteiger partial charge < -0.3 is 5.11 Å². The normalized spacial score (nSPS) is 18.8. The van der Waals surface area contributed by atoms with Crippen LogP contribution in [0.1, 0.15) is 24.4 Å². The van der Waals surface area contributed by atoms with E-state index < -0.39 is 9.84 Å². The fraction of sp³-hybridized carbons (Fsp3) is 0.333. The number of benzene rings is 2. The number of phenolic OH excluding ortho intramolecular Hbond substituents is 1. The Balaban J connectivity index is 1.68. The molecular formula is C18H20ClNO3S. The lowest BCUT2D eigenvalue weighted by atomic mass is 10.0. The molecule has 6 heteroatoms. The molecular weight excluding hydrogens is 346 g/mol. The van der Waals surface area contributed by atoms with Gasteiger partial charge in [-0.25, -0.2) is 8.42 Å². The van der Waals surface area contributed by atoms with Gasteiger partial charge in [-0.2, -0.15) is 0 Å². The van der Waals surface area contributed by atoms with Crippen LogP contribution in [0.25, 0.3) is 0 Å². The first kappa shape index (κ1) is 17.3. The molecule has 0 bridgehead atoms. The van der Waals surface area contributed by atoms with Crippen molar-refractivity contribution >= 4 is 21.4 Å². The van der Waals surface area contributed by atoms with E-state index in [1.54, 1.807) is 36.4 Å². The molecule has 2 aromatic rings. The highest BCUT2D eigenvalue weighted by atomic mass is 35.5. The number of hydrogen-bond donors (Lipinski definition) is 1. The summed E-state index contributed by atoms with van der Waals surface area (Å²) in [7, 11) is -3.32. The van der Waals surface area contributed by atoms with Crippen LogP contribution in [-0.2, 0) is 9.84 Å². The van der Waals surface area contributed by atoms with Gasteiger partial charge in [0.1, 0.15) is 5.75 Å². The lowest BCUT2D eigenvalue weighted by Gasteiger charge is -2.24. The highest BCUT2D eigenvalue weighted by molar-refractivity contribution is 7.91. The standard InChI is InChI=1S/C18H20ClNO3S/c19-15-5-9-17(10-6-15)24(22,23)13-12-20-11-1-2-18(20)14-3-7-16(21)8-4-14/h3-10,18,21H,1-2,11-13H2/t18-/m1/s1. The zero-order valence-corrected chi connectivity index (χ0v) is 14.8. The molecule has 0 saturated carbocycles. The summed E-state index contributed by atoms with van der Waals surface area (Å²) < 4.78 is 25.0. The topological polar surface area (TPSA) is 57.6 Å². The Kier molecular flexibility index (Phi) is 5.13. The van der Waals surface area contributed by atoms with Gasteiger partial charge in [-0.05, 0) is 61.3 Å². The maximum Gasteiger partial charge on any atom is 0.179 e. The highest BCUT2D eigenvalue weighted by Crippen LogP contribution is 2.32. The van der Waals surface area contributed by atoms with E-state index in [1.165, 1.54) is 0 Å². The van der Waals surface area contributed by atoms with Crippen molar-refractivity contribution in [3.63, 3.8) is 0 Å². The Labute approximate surface area is 147 Å². The summed E-state index contributed by atoms with van der Waals surface area (Å²) in [5, 5.41) is 9.95. The summed E-state index contributed by atoms with van der Waals surface area (Å²) in [5.41, 5.74) is 1.12. The minimum Gasteiger partial charge on any atom is -0.508 e. The largest absolute Gasteiger partial charge is 0.508 e.